The van der Waals surface area contributed by atoms with Crippen molar-refractivity contribution in [2.75, 3.05) is 18.5 Å². The highest BCUT2D eigenvalue weighted by molar-refractivity contribution is 5.44. The fraction of sp³-hybridized carbons (Fsp3) is 0.688. The average molecular weight is 259 g/mol. The van der Waals surface area contributed by atoms with Crippen molar-refractivity contribution < 1.29 is 0 Å². The Morgan fingerprint density at radius 2 is 2.21 bits per heavy atom. The maximum Gasteiger partial charge on any atom is 0.0569 e. The van der Waals surface area contributed by atoms with Crippen molar-refractivity contribution in [2.45, 2.75) is 38.6 Å². The topological polar surface area (TPSA) is 42.1 Å². The van der Waals surface area contributed by atoms with Gasteiger partial charge in [-0.25, -0.2) is 0 Å². The van der Waals surface area contributed by atoms with Crippen LogP contribution < -0.4 is 10.6 Å². The zero-order valence-electron chi connectivity index (χ0n) is 12.0. The summed E-state index contributed by atoms with van der Waals surface area (Å²) in [6, 6.07) is 4.22. The first-order valence-corrected chi connectivity index (χ1v) is 7.56. The first-order valence-electron chi connectivity index (χ1n) is 7.56. The zero-order valence-corrected chi connectivity index (χ0v) is 12.0. The second-order valence-corrected chi connectivity index (χ2v) is 6.55. The van der Waals surface area contributed by atoms with Crippen LogP contribution in [0.4, 0.5) is 5.69 Å². The van der Waals surface area contributed by atoms with Crippen LogP contribution >= 0.6 is 0 Å². The van der Waals surface area contributed by atoms with Gasteiger partial charge in [-0.3, -0.25) is 4.98 Å². The smallest absolute Gasteiger partial charge is 0.0569 e. The number of hydrogen-bond donors (Lipinski definition) is 1. The van der Waals surface area contributed by atoms with Gasteiger partial charge in [-0.2, -0.15) is 0 Å². The molecule has 3 nitrogen and oxygen atoms in total. The normalized spacial score (nSPS) is 30.6. The number of aromatic nitrogens is 1. The molecule has 2 bridgehead atoms. The van der Waals surface area contributed by atoms with Crippen LogP contribution in [0.3, 0.4) is 0 Å². The fourth-order valence-corrected chi connectivity index (χ4v) is 3.95. The van der Waals surface area contributed by atoms with E-state index in [1.807, 2.05) is 13.1 Å². The molecule has 2 N–H and O–H groups in total. The van der Waals surface area contributed by atoms with Crippen LogP contribution in [0.5, 0.6) is 0 Å². The summed E-state index contributed by atoms with van der Waals surface area (Å²) in [4.78, 5) is 6.82. The zero-order chi connectivity index (χ0) is 13.4. The summed E-state index contributed by atoms with van der Waals surface area (Å²) in [6.07, 6.45) is 7.84. The summed E-state index contributed by atoms with van der Waals surface area (Å²) in [7, 11) is 2.19. The first-order chi connectivity index (χ1) is 9.13. The highest BCUT2D eigenvalue weighted by Crippen LogP contribution is 2.48. The molecule has 0 saturated heterocycles. The number of nitrogens with two attached hydrogens (primary N) is 1. The van der Waals surface area contributed by atoms with Crippen LogP contribution in [0.25, 0.3) is 0 Å². The van der Waals surface area contributed by atoms with Gasteiger partial charge in [0.15, 0.2) is 0 Å². The van der Waals surface area contributed by atoms with Gasteiger partial charge in [0.05, 0.1) is 17.6 Å². The van der Waals surface area contributed by atoms with Crippen LogP contribution in [0.2, 0.25) is 0 Å². The lowest BCUT2D eigenvalue weighted by Gasteiger charge is -2.28. The van der Waals surface area contributed by atoms with Crippen molar-refractivity contribution in [1.82, 2.24) is 4.98 Å². The number of rotatable bonds is 4. The maximum absolute atomic E-state index is 5.84. The Morgan fingerprint density at radius 3 is 2.74 bits per heavy atom. The molecule has 2 aliphatic carbocycles. The van der Waals surface area contributed by atoms with Gasteiger partial charge >= 0.3 is 0 Å². The molecule has 2 fully saturated rings. The summed E-state index contributed by atoms with van der Waals surface area (Å²) in [5.74, 6) is 2.92. The van der Waals surface area contributed by atoms with E-state index in [9.17, 15) is 0 Å². The predicted octanol–water partition coefficient (Wildman–Crippen LogP) is 2.97. The molecular weight excluding hydrogens is 234 g/mol. The molecule has 0 spiro atoms. The van der Waals surface area contributed by atoms with Gasteiger partial charge in [-0.1, -0.05) is 6.42 Å². The molecule has 3 unspecified atom stereocenters. The van der Waals surface area contributed by atoms with Crippen molar-refractivity contribution in [1.29, 1.82) is 0 Å². The molecule has 0 aromatic carbocycles. The lowest BCUT2D eigenvalue weighted by atomic mass is 9.88. The minimum Gasteiger partial charge on any atom is -0.373 e. The summed E-state index contributed by atoms with van der Waals surface area (Å²) >= 11 is 0. The maximum atomic E-state index is 5.84. The molecular formula is C16H25N3. The number of anilines is 1. The molecule has 1 aromatic rings. The predicted molar refractivity (Wildman–Crippen MR) is 79.0 cm³/mol. The Kier molecular flexibility index (Phi) is 3.48. The van der Waals surface area contributed by atoms with Crippen LogP contribution in [0.1, 0.15) is 44.3 Å². The van der Waals surface area contributed by atoms with E-state index in [-0.39, 0.29) is 6.04 Å². The Morgan fingerprint density at radius 1 is 1.37 bits per heavy atom. The van der Waals surface area contributed by atoms with Crippen LogP contribution in [-0.2, 0) is 0 Å². The van der Waals surface area contributed by atoms with Crippen LogP contribution in [0.15, 0.2) is 18.3 Å². The number of fused-ring (bicyclic) bond motifs is 2. The van der Waals surface area contributed by atoms with Crippen molar-refractivity contribution in [2.24, 2.45) is 23.5 Å². The molecule has 3 rings (SSSR count). The monoisotopic (exact) mass is 259 g/mol. The molecule has 2 saturated carbocycles. The van der Waals surface area contributed by atoms with Crippen molar-refractivity contribution in [3.63, 3.8) is 0 Å². The molecule has 3 heteroatoms. The number of hydrogen-bond acceptors (Lipinski definition) is 3. The van der Waals surface area contributed by atoms with Gasteiger partial charge < -0.3 is 10.6 Å². The number of nitrogens with zero attached hydrogens (tertiary/aromatic N) is 2. The Hall–Kier alpha value is -1.09. The Balaban J connectivity index is 1.62. The lowest BCUT2D eigenvalue weighted by molar-refractivity contribution is 0.337. The molecule has 0 aliphatic heterocycles. The van der Waals surface area contributed by atoms with E-state index in [4.69, 9.17) is 5.73 Å². The fourth-order valence-electron chi connectivity index (χ4n) is 3.95. The number of pyridine rings is 1. The molecule has 2 aliphatic rings. The highest BCUT2D eigenvalue weighted by atomic mass is 15.1. The van der Waals surface area contributed by atoms with Crippen molar-refractivity contribution in [3.05, 3.63) is 24.0 Å². The summed E-state index contributed by atoms with van der Waals surface area (Å²) in [5.41, 5.74) is 8.02. The molecule has 4 atom stereocenters. The summed E-state index contributed by atoms with van der Waals surface area (Å²) < 4.78 is 0. The third kappa shape index (κ3) is 2.62. The van der Waals surface area contributed by atoms with Gasteiger partial charge in [0.1, 0.15) is 0 Å². The van der Waals surface area contributed by atoms with E-state index in [2.05, 4.69) is 29.1 Å². The van der Waals surface area contributed by atoms with Crippen LogP contribution in [-0.4, -0.2) is 18.6 Å². The Bertz CT molecular complexity index is 426. The quantitative estimate of drug-likeness (QED) is 0.904. The first kappa shape index (κ1) is 12.9. The van der Waals surface area contributed by atoms with Crippen molar-refractivity contribution >= 4 is 5.69 Å². The van der Waals surface area contributed by atoms with Gasteiger partial charge in [0.2, 0.25) is 0 Å². The third-order valence-electron chi connectivity index (χ3n) is 5.07. The second kappa shape index (κ2) is 5.12. The second-order valence-electron chi connectivity index (χ2n) is 6.55. The van der Waals surface area contributed by atoms with Gasteiger partial charge in [0, 0.05) is 19.6 Å². The molecule has 104 valence electrons. The average Bonchev–Trinajstić information content (AvgIpc) is 3.01. The summed E-state index contributed by atoms with van der Waals surface area (Å²) in [5, 5.41) is 0. The van der Waals surface area contributed by atoms with Gasteiger partial charge in [0.25, 0.3) is 0 Å². The SMILES string of the molecule is C[C@@H](N)c1ccc(N(C)CC2CC3CCC2C3)cn1. The minimum absolute atomic E-state index is 0.0184. The summed E-state index contributed by atoms with van der Waals surface area (Å²) in [6.45, 7) is 3.15. The molecule has 0 amide bonds. The highest BCUT2D eigenvalue weighted by Gasteiger charge is 2.39. The van der Waals surface area contributed by atoms with E-state index in [0.29, 0.717) is 0 Å². The van der Waals surface area contributed by atoms with Gasteiger partial charge in [-0.15, -0.1) is 0 Å². The van der Waals surface area contributed by atoms with Crippen molar-refractivity contribution in [3.8, 4) is 0 Å². The van der Waals surface area contributed by atoms with Gasteiger partial charge in [-0.05, 0) is 56.1 Å². The molecule has 19 heavy (non-hydrogen) atoms. The van der Waals surface area contributed by atoms with Crippen LogP contribution in [0, 0.1) is 17.8 Å². The minimum atomic E-state index is 0.0184. The van der Waals surface area contributed by atoms with E-state index >= 15 is 0 Å². The standard InChI is InChI=1S/C16H25N3/c1-11(17)16-6-5-15(9-18-16)19(2)10-14-8-12-3-4-13(14)7-12/h5-6,9,11-14H,3-4,7-8,10,17H2,1-2H3/t11-,12?,13?,14?/m1/s1. The van der Waals surface area contributed by atoms with E-state index < -0.39 is 0 Å². The largest absolute Gasteiger partial charge is 0.373 e. The van der Waals surface area contributed by atoms with E-state index in [1.165, 1.54) is 37.9 Å². The Labute approximate surface area is 116 Å². The van der Waals surface area contributed by atoms with E-state index in [1.54, 1.807) is 0 Å². The molecule has 0 radical (unpaired) electrons. The molecule has 1 heterocycles. The van der Waals surface area contributed by atoms with E-state index in [0.717, 1.165) is 23.4 Å². The lowest BCUT2D eigenvalue weighted by Crippen LogP contribution is -2.28. The third-order valence-corrected chi connectivity index (χ3v) is 5.07. The molecule has 1 aromatic heterocycles.